The second kappa shape index (κ2) is 6.83. The van der Waals surface area contributed by atoms with Gasteiger partial charge < -0.3 is 4.90 Å². The zero-order chi connectivity index (χ0) is 15.5. The van der Waals surface area contributed by atoms with Gasteiger partial charge in [0.2, 0.25) is 0 Å². The van der Waals surface area contributed by atoms with Gasteiger partial charge in [0.05, 0.1) is 0 Å². The van der Waals surface area contributed by atoms with Crippen molar-refractivity contribution in [3.05, 3.63) is 35.4 Å². The van der Waals surface area contributed by atoms with Gasteiger partial charge in [-0.15, -0.1) is 11.6 Å². The summed E-state index contributed by atoms with van der Waals surface area (Å²) in [6.07, 6.45) is 4.27. The van der Waals surface area contributed by atoms with Crippen LogP contribution in [0.3, 0.4) is 0 Å². The van der Waals surface area contributed by atoms with Crippen LogP contribution in [0.2, 0.25) is 0 Å². The van der Waals surface area contributed by atoms with E-state index < -0.39 is 0 Å². The number of carbonyl (C=O) groups is 1. The van der Waals surface area contributed by atoms with E-state index in [9.17, 15) is 4.79 Å². The summed E-state index contributed by atoms with van der Waals surface area (Å²) in [4.78, 5) is 15.1. The van der Waals surface area contributed by atoms with Gasteiger partial charge in [0.25, 0.3) is 5.91 Å². The maximum absolute atomic E-state index is 13.0. The first-order chi connectivity index (χ1) is 9.95. The fraction of sp³-hybridized carbons (Fsp3) is 0.611. The van der Waals surface area contributed by atoms with Gasteiger partial charge in [0.1, 0.15) is 0 Å². The topological polar surface area (TPSA) is 20.3 Å². The Kier molecular flexibility index (Phi) is 5.32. The van der Waals surface area contributed by atoms with E-state index in [-0.39, 0.29) is 11.3 Å². The van der Waals surface area contributed by atoms with Crippen molar-refractivity contribution in [1.82, 2.24) is 4.90 Å². The molecule has 1 aromatic rings. The Labute approximate surface area is 133 Å². The minimum atomic E-state index is -0.0238. The molecule has 0 aromatic heterocycles. The average Bonchev–Trinajstić information content (AvgIpc) is 2.46. The first kappa shape index (κ1) is 16.4. The highest BCUT2D eigenvalue weighted by Crippen LogP contribution is 2.29. The normalized spacial score (nSPS) is 19.6. The first-order valence-electron chi connectivity index (χ1n) is 7.91. The first-order valence-corrected chi connectivity index (χ1v) is 8.45. The second-order valence-corrected chi connectivity index (χ2v) is 7.30. The van der Waals surface area contributed by atoms with Crippen LogP contribution in [-0.2, 0) is 5.41 Å². The van der Waals surface area contributed by atoms with E-state index in [0.29, 0.717) is 11.9 Å². The number of likely N-dealkylation sites (tertiary alicyclic amines) is 1. The SMILES string of the molecule is CC(C)(C)c1ccccc1C(=O)N1CCCCC1CCCl. The number of amides is 1. The molecule has 21 heavy (non-hydrogen) atoms. The Balaban J connectivity index is 2.31. The van der Waals surface area contributed by atoms with Crippen molar-refractivity contribution in [1.29, 1.82) is 0 Å². The monoisotopic (exact) mass is 307 g/mol. The molecular formula is C18H26ClNO. The van der Waals surface area contributed by atoms with E-state index in [2.05, 4.69) is 31.7 Å². The highest BCUT2D eigenvalue weighted by atomic mass is 35.5. The number of halogens is 1. The predicted octanol–water partition coefficient (Wildman–Crippen LogP) is 4.61. The summed E-state index contributed by atoms with van der Waals surface area (Å²) in [5.74, 6) is 0.797. The lowest BCUT2D eigenvalue weighted by Gasteiger charge is -2.36. The zero-order valence-electron chi connectivity index (χ0n) is 13.4. The summed E-state index contributed by atoms with van der Waals surface area (Å²) >= 11 is 5.92. The van der Waals surface area contributed by atoms with E-state index in [1.54, 1.807) is 0 Å². The van der Waals surface area contributed by atoms with Gasteiger partial charge in [-0.05, 0) is 42.7 Å². The van der Waals surface area contributed by atoms with Crippen LogP contribution >= 0.6 is 11.6 Å². The molecule has 1 fully saturated rings. The van der Waals surface area contributed by atoms with Crippen LogP contribution in [0, 0.1) is 0 Å². The molecule has 1 atom stereocenters. The van der Waals surface area contributed by atoms with Gasteiger partial charge >= 0.3 is 0 Å². The third kappa shape index (κ3) is 3.79. The Morgan fingerprint density at radius 3 is 2.67 bits per heavy atom. The van der Waals surface area contributed by atoms with E-state index in [1.165, 1.54) is 6.42 Å². The number of piperidine rings is 1. The third-order valence-electron chi connectivity index (χ3n) is 4.30. The van der Waals surface area contributed by atoms with Crippen LogP contribution in [0.5, 0.6) is 0 Å². The minimum absolute atomic E-state index is 0.0238. The van der Waals surface area contributed by atoms with E-state index >= 15 is 0 Å². The lowest BCUT2D eigenvalue weighted by Crippen LogP contribution is -2.44. The molecule has 1 saturated heterocycles. The molecule has 2 nitrogen and oxygen atoms in total. The van der Waals surface area contributed by atoms with Gasteiger partial charge in [-0.1, -0.05) is 39.0 Å². The second-order valence-electron chi connectivity index (χ2n) is 6.92. The molecule has 1 aliphatic rings. The minimum Gasteiger partial charge on any atom is -0.336 e. The molecule has 0 radical (unpaired) electrons. The largest absolute Gasteiger partial charge is 0.336 e. The van der Waals surface area contributed by atoms with Crippen LogP contribution in [0.25, 0.3) is 0 Å². The van der Waals surface area contributed by atoms with Crippen molar-refractivity contribution in [2.45, 2.75) is 57.9 Å². The van der Waals surface area contributed by atoms with Crippen molar-refractivity contribution < 1.29 is 4.79 Å². The summed E-state index contributed by atoms with van der Waals surface area (Å²) in [6.45, 7) is 7.33. The predicted molar refractivity (Wildman–Crippen MR) is 89.2 cm³/mol. The quantitative estimate of drug-likeness (QED) is 0.747. The Bertz CT molecular complexity index is 490. The third-order valence-corrected chi connectivity index (χ3v) is 4.51. The summed E-state index contributed by atoms with van der Waals surface area (Å²) in [5, 5.41) is 0. The lowest BCUT2D eigenvalue weighted by molar-refractivity contribution is 0.0606. The highest BCUT2D eigenvalue weighted by Gasteiger charge is 2.30. The summed E-state index contributed by atoms with van der Waals surface area (Å²) in [6, 6.07) is 8.33. The van der Waals surface area contributed by atoms with E-state index in [1.807, 2.05) is 18.2 Å². The van der Waals surface area contributed by atoms with Gasteiger partial charge in [-0.25, -0.2) is 0 Å². The fourth-order valence-corrected chi connectivity index (χ4v) is 3.42. The Morgan fingerprint density at radius 1 is 1.29 bits per heavy atom. The molecule has 116 valence electrons. The Morgan fingerprint density at radius 2 is 2.00 bits per heavy atom. The number of rotatable bonds is 3. The maximum atomic E-state index is 13.0. The number of carbonyl (C=O) groups excluding carboxylic acids is 1. The molecule has 1 heterocycles. The maximum Gasteiger partial charge on any atom is 0.254 e. The number of benzene rings is 1. The molecule has 3 heteroatoms. The zero-order valence-corrected chi connectivity index (χ0v) is 14.1. The van der Waals surface area contributed by atoms with Crippen molar-refractivity contribution in [3.8, 4) is 0 Å². The summed E-state index contributed by atoms with van der Waals surface area (Å²) in [5.41, 5.74) is 1.96. The molecule has 1 aliphatic heterocycles. The number of hydrogen-bond acceptors (Lipinski definition) is 1. The van der Waals surface area contributed by atoms with E-state index in [4.69, 9.17) is 11.6 Å². The summed E-state index contributed by atoms with van der Waals surface area (Å²) < 4.78 is 0. The summed E-state index contributed by atoms with van der Waals surface area (Å²) in [7, 11) is 0. The molecule has 0 bridgehead atoms. The highest BCUT2D eigenvalue weighted by molar-refractivity contribution is 6.17. The van der Waals surface area contributed by atoms with Crippen LogP contribution in [0.15, 0.2) is 24.3 Å². The van der Waals surface area contributed by atoms with Crippen molar-refractivity contribution in [2.75, 3.05) is 12.4 Å². The lowest BCUT2D eigenvalue weighted by atomic mass is 9.83. The van der Waals surface area contributed by atoms with Gasteiger partial charge in [0, 0.05) is 24.0 Å². The van der Waals surface area contributed by atoms with Crippen LogP contribution in [-0.4, -0.2) is 29.3 Å². The van der Waals surface area contributed by atoms with Gasteiger partial charge in [-0.3, -0.25) is 4.79 Å². The molecular weight excluding hydrogens is 282 g/mol. The van der Waals surface area contributed by atoms with Gasteiger partial charge in [0.15, 0.2) is 0 Å². The molecule has 2 rings (SSSR count). The van der Waals surface area contributed by atoms with Crippen LogP contribution in [0.1, 0.15) is 62.4 Å². The number of alkyl halides is 1. The molecule has 1 amide bonds. The standard InChI is InChI=1S/C18H26ClNO/c1-18(2,3)16-10-5-4-9-15(16)17(21)20-13-7-6-8-14(20)11-12-19/h4-5,9-10,14H,6-8,11-13H2,1-3H3. The number of hydrogen-bond donors (Lipinski definition) is 0. The van der Waals surface area contributed by atoms with Crippen molar-refractivity contribution in [2.24, 2.45) is 0 Å². The van der Waals surface area contributed by atoms with Crippen molar-refractivity contribution in [3.63, 3.8) is 0 Å². The van der Waals surface area contributed by atoms with E-state index in [0.717, 1.165) is 36.9 Å². The average molecular weight is 308 g/mol. The van der Waals surface area contributed by atoms with Gasteiger partial charge in [-0.2, -0.15) is 0 Å². The van der Waals surface area contributed by atoms with Crippen molar-refractivity contribution >= 4 is 17.5 Å². The van der Waals surface area contributed by atoms with Crippen LogP contribution < -0.4 is 0 Å². The number of nitrogens with zero attached hydrogens (tertiary/aromatic N) is 1. The molecule has 0 saturated carbocycles. The smallest absolute Gasteiger partial charge is 0.254 e. The molecule has 1 unspecified atom stereocenters. The molecule has 0 aliphatic carbocycles. The fourth-order valence-electron chi connectivity index (χ4n) is 3.17. The molecule has 0 N–H and O–H groups in total. The Hall–Kier alpha value is -1.02. The van der Waals surface area contributed by atoms with Crippen LogP contribution in [0.4, 0.5) is 0 Å². The molecule has 0 spiro atoms. The molecule has 1 aromatic carbocycles.